The van der Waals surface area contributed by atoms with Gasteiger partial charge in [0.15, 0.2) is 0 Å². The lowest BCUT2D eigenvalue weighted by molar-refractivity contribution is -0.206. The van der Waals surface area contributed by atoms with Gasteiger partial charge in [-0.3, -0.25) is 4.79 Å². The summed E-state index contributed by atoms with van der Waals surface area (Å²) in [6.07, 6.45) is -3.92. The molecule has 0 amide bonds. The van der Waals surface area contributed by atoms with Gasteiger partial charge in [-0.15, -0.1) is 25.6 Å². The van der Waals surface area contributed by atoms with Crippen molar-refractivity contribution < 1.29 is 13.2 Å². The molecule has 0 atom stereocenters. The minimum Gasteiger partial charge on any atom is -0.268 e. The van der Waals surface area contributed by atoms with E-state index in [9.17, 15) is 18.0 Å². The molecule has 1 aromatic heterocycles. The van der Waals surface area contributed by atoms with Crippen LogP contribution in [0.5, 0.6) is 0 Å². The molecule has 0 fully saturated rings. The fourth-order valence-electron chi connectivity index (χ4n) is 1.39. The molecule has 1 aromatic carbocycles. The lowest BCUT2D eigenvalue weighted by Gasteiger charge is -2.09. The molecule has 0 aliphatic heterocycles. The molecule has 0 saturated heterocycles. The first kappa shape index (κ1) is 12.6. The number of hydrogen-bond acceptors (Lipinski definition) is 1. The van der Waals surface area contributed by atoms with Gasteiger partial charge in [-0.05, 0) is 17.5 Å². The minimum atomic E-state index is -4.67. The van der Waals surface area contributed by atoms with Crippen molar-refractivity contribution in [3.05, 3.63) is 46.9 Å². The molecule has 2 nitrogen and oxygen atoms in total. The molecule has 0 spiro atoms. The molecule has 16 heavy (non-hydrogen) atoms. The van der Waals surface area contributed by atoms with Crippen molar-refractivity contribution >= 4 is 23.2 Å². The Bertz CT molecular complexity index is 562. The number of benzene rings is 1. The average Bonchev–Trinajstić information content (AvgIpc) is 2.16. The zero-order valence-corrected chi connectivity index (χ0v) is 8.68. The van der Waals surface area contributed by atoms with Crippen molar-refractivity contribution in [3.63, 3.8) is 0 Å². The van der Waals surface area contributed by atoms with Crippen molar-refractivity contribution in [1.82, 2.24) is 4.57 Å². The lowest BCUT2D eigenvalue weighted by atomic mass is 10.2. The maximum atomic E-state index is 12.3. The van der Waals surface area contributed by atoms with Gasteiger partial charge in [-0.25, -0.2) is 4.57 Å². The third kappa shape index (κ3) is 2.04. The van der Waals surface area contributed by atoms with E-state index in [1.54, 1.807) is 12.1 Å². The van der Waals surface area contributed by atoms with Crippen LogP contribution in [0.4, 0.5) is 13.2 Å². The second-order valence-electron chi connectivity index (χ2n) is 3.05. The largest absolute Gasteiger partial charge is 0.491 e. The van der Waals surface area contributed by atoms with E-state index in [1.165, 1.54) is 18.2 Å². The monoisotopic (exact) mass is 249 g/mol. The van der Waals surface area contributed by atoms with Crippen LogP contribution in [-0.4, -0.2) is 4.57 Å². The molecule has 2 rings (SSSR count). The summed E-state index contributed by atoms with van der Waals surface area (Å²) in [6, 6.07) is 7.44. The predicted molar refractivity (Wildman–Crippen MR) is 56.8 cm³/mol. The highest BCUT2D eigenvalue weighted by atomic mass is 35.5. The maximum absolute atomic E-state index is 12.3. The fourth-order valence-corrected chi connectivity index (χ4v) is 1.39. The number of alkyl halides is 3. The Balaban J connectivity index is 0.00000128. The normalized spacial score (nSPS) is 11.2. The topological polar surface area (TPSA) is 22.0 Å². The first-order valence-corrected chi connectivity index (χ1v) is 4.18. The number of rotatable bonds is 0. The summed E-state index contributed by atoms with van der Waals surface area (Å²) in [5, 5.41) is 0.570. The molecule has 0 aliphatic carbocycles. The highest BCUT2D eigenvalue weighted by Gasteiger charge is 2.31. The average molecular weight is 250 g/mol. The Kier molecular flexibility index (Phi) is 3.28. The summed E-state index contributed by atoms with van der Waals surface area (Å²) in [4.78, 5) is 11.4. The highest BCUT2D eigenvalue weighted by Crippen LogP contribution is 2.21. The van der Waals surface area contributed by atoms with Crippen molar-refractivity contribution in [2.45, 2.75) is 6.30 Å². The number of nitrogens with zero attached hydrogens (tertiary/aromatic N) is 1. The number of pyridine rings is 1. The van der Waals surface area contributed by atoms with Gasteiger partial charge in [0.1, 0.15) is 0 Å². The fraction of sp³-hybridized carbons (Fsp3) is 0.100. The molecule has 6 heteroatoms. The smallest absolute Gasteiger partial charge is 0.268 e. The van der Waals surface area contributed by atoms with Crippen LogP contribution in [0.15, 0.2) is 41.3 Å². The number of hydrogen-bond donors (Lipinski definition) is 0. The van der Waals surface area contributed by atoms with E-state index < -0.39 is 11.9 Å². The summed E-state index contributed by atoms with van der Waals surface area (Å²) >= 11 is 0. The van der Waals surface area contributed by atoms with E-state index in [-0.39, 0.29) is 22.4 Å². The molecular weight excluding hydrogens is 243 g/mol. The van der Waals surface area contributed by atoms with Crippen LogP contribution in [0.1, 0.15) is 0 Å². The summed E-state index contributed by atoms with van der Waals surface area (Å²) in [5.74, 6) is 0. The van der Waals surface area contributed by atoms with Gasteiger partial charge in [0.2, 0.25) is 0 Å². The zero-order chi connectivity index (χ0) is 11.1. The van der Waals surface area contributed by atoms with E-state index in [0.29, 0.717) is 5.39 Å². The third-order valence-corrected chi connectivity index (χ3v) is 2.09. The zero-order valence-electron chi connectivity index (χ0n) is 7.86. The van der Waals surface area contributed by atoms with E-state index >= 15 is 0 Å². The van der Waals surface area contributed by atoms with E-state index in [2.05, 4.69) is 0 Å². The standard InChI is InChI=1S/C10H6F3NO.ClH/c11-10(12,13)14-6-5-7-3-1-2-4-8(7)9(14)15;/h1-6H;1H. The first-order valence-electron chi connectivity index (χ1n) is 4.18. The van der Waals surface area contributed by atoms with Crippen LogP contribution in [0.2, 0.25) is 0 Å². The third-order valence-electron chi connectivity index (χ3n) is 2.09. The van der Waals surface area contributed by atoms with Crippen molar-refractivity contribution in [2.24, 2.45) is 0 Å². The molecule has 1 heterocycles. The highest BCUT2D eigenvalue weighted by molar-refractivity contribution is 5.85. The summed E-state index contributed by atoms with van der Waals surface area (Å²) < 4.78 is 36.8. The first-order chi connectivity index (χ1) is 7.00. The van der Waals surface area contributed by atoms with Gasteiger partial charge < -0.3 is 0 Å². The summed E-state index contributed by atoms with van der Waals surface area (Å²) in [6.45, 7) is 0. The van der Waals surface area contributed by atoms with Gasteiger partial charge >= 0.3 is 6.30 Å². The van der Waals surface area contributed by atoms with Crippen LogP contribution in [0.25, 0.3) is 10.8 Å². The second kappa shape index (κ2) is 4.17. The van der Waals surface area contributed by atoms with Gasteiger partial charge in [0, 0.05) is 11.6 Å². The number of halogens is 4. The van der Waals surface area contributed by atoms with E-state index in [1.807, 2.05) is 0 Å². The van der Waals surface area contributed by atoms with Crippen LogP contribution in [0, 0.1) is 0 Å². The SMILES string of the molecule is Cl.O=c1c2ccccc2ccn1C(F)(F)F. The number of fused-ring (bicyclic) bond motifs is 1. The molecule has 86 valence electrons. The number of aromatic nitrogens is 1. The quantitative estimate of drug-likeness (QED) is 0.704. The Hall–Kier alpha value is -1.49. The molecule has 0 radical (unpaired) electrons. The predicted octanol–water partition coefficient (Wildman–Crippen LogP) is 2.90. The Morgan fingerprint density at radius 3 is 2.31 bits per heavy atom. The van der Waals surface area contributed by atoms with Gasteiger partial charge in [-0.2, -0.15) is 0 Å². The van der Waals surface area contributed by atoms with E-state index in [0.717, 1.165) is 6.20 Å². The Labute approximate surface area is 94.7 Å². The molecule has 2 aromatic rings. The molecule has 0 saturated carbocycles. The molecular formula is C10H7ClF3NO. The van der Waals surface area contributed by atoms with Crippen LogP contribution in [-0.2, 0) is 6.30 Å². The molecule has 0 N–H and O–H groups in total. The summed E-state index contributed by atoms with van der Waals surface area (Å²) in [7, 11) is 0. The van der Waals surface area contributed by atoms with Crippen molar-refractivity contribution in [1.29, 1.82) is 0 Å². The van der Waals surface area contributed by atoms with Crippen LogP contribution < -0.4 is 5.56 Å². The van der Waals surface area contributed by atoms with Crippen molar-refractivity contribution in [2.75, 3.05) is 0 Å². The molecule has 0 aliphatic rings. The van der Waals surface area contributed by atoms with Crippen molar-refractivity contribution in [3.8, 4) is 0 Å². The van der Waals surface area contributed by atoms with Gasteiger partial charge in [0.25, 0.3) is 5.56 Å². The minimum absolute atomic E-state index is 0. The van der Waals surface area contributed by atoms with Gasteiger partial charge in [0.05, 0.1) is 0 Å². The Morgan fingerprint density at radius 2 is 1.69 bits per heavy atom. The van der Waals surface area contributed by atoms with Crippen LogP contribution in [0.3, 0.4) is 0 Å². The van der Waals surface area contributed by atoms with Gasteiger partial charge in [-0.1, -0.05) is 18.2 Å². The maximum Gasteiger partial charge on any atom is 0.491 e. The summed E-state index contributed by atoms with van der Waals surface area (Å²) in [5.41, 5.74) is -1.04. The van der Waals surface area contributed by atoms with Crippen LogP contribution >= 0.6 is 12.4 Å². The molecule has 0 unspecified atom stereocenters. The van der Waals surface area contributed by atoms with E-state index in [4.69, 9.17) is 0 Å². The lowest BCUT2D eigenvalue weighted by Crippen LogP contribution is -2.30. The second-order valence-corrected chi connectivity index (χ2v) is 3.05. The Morgan fingerprint density at radius 1 is 1.06 bits per heavy atom. The molecule has 0 bridgehead atoms.